The third-order valence-corrected chi connectivity index (χ3v) is 4.45. The van der Waals surface area contributed by atoms with Gasteiger partial charge in [-0.05, 0) is 54.6 Å². The second kappa shape index (κ2) is 8.80. The molecule has 0 heterocycles. The molecule has 1 N–H and O–H groups in total. The van der Waals surface area contributed by atoms with Crippen molar-refractivity contribution in [2.24, 2.45) is 0 Å². The van der Waals surface area contributed by atoms with Gasteiger partial charge in [0.15, 0.2) is 0 Å². The Morgan fingerprint density at radius 3 is 2.44 bits per heavy atom. The highest BCUT2D eigenvalue weighted by Crippen LogP contribution is 2.25. The molecule has 6 heteroatoms. The van der Waals surface area contributed by atoms with E-state index in [-0.39, 0.29) is 12.5 Å². The van der Waals surface area contributed by atoms with Gasteiger partial charge in [-0.15, -0.1) is 0 Å². The Bertz CT molecular complexity index is 942. The van der Waals surface area contributed by atoms with Crippen LogP contribution in [0.1, 0.15) is 15.9 Å². The van der Waals surface area contributed by atoms with Crippen molar-refractivity contribution in [1.82, 2.24) is 0 Å². The molecule has 0 unspecified atom stereocenters. The quantitative estimate of drug-likeness (QED) is 0.564. The monoisotopic (exact) mass is 401 g/mol. The lowest BCUT2D eigenvalue weighted by molar-refractivity contribution is 0.102. The van der Waals surface area contributed by atoms with E-state index in [1.807, 2.05) is 0 Å². The lowest BCUT2D eigenvalue weighted by atomic mass is 10.1. The Morgan fingerprint density at radius 2 is 1.74 bits per heavy atom. The number of para-hydroxylation sites is 1. The average molecular weight is 402 g/mol. The molecule has 3 rings (SSSR count). The van der Waals surface area contributed by atoms with Gasteiger partial charge in [0.25, 0.3) is 5.91 Å². The van der Waals surface area contributed by atoms with Crippen LogP contribution in [0.5, 0.6) is 11.5 Å². The Morgan fingerprint density at radius 1 is 1.00 bits per heavy atom. The van der Waals surface area contributed by atoms with Gasteiger partial charge in [0.05, 0.1) is 17.8 Å². The highest BCUT2D eigenvalue weighted by Gasteiger charge is 2.12. The van der Waals surface area contributed by atoms with Crippen molar-refractivity contribution in [3.05, 3.63) is 87.9 Å². The van der Waals surface area contributed by atoms with Crippen molar-refractivity contribution in [2.75, 3.05) is 12.4 Å². The Balaban J connectivity index is 1.77. The van der Waals surface area contributed by atoms with E-state index in [4.69, 9.17) is 32.7 Å². The molecule has 4 nitrogen and oxygen atoms in total. The van der Waals surface area contributed by atoms with E-state index in [9.17, 15) is 4.79 Å². The van der Waals surface area contributed by atoms with Crippen molar-refractivity contribution in [3.8, 4) is 11.5 Å². The maximum absolute atomic E-state index is 12.6. The summed E-state index contributed by atoms with van der Waals surface area (Å²) in [5, 5.41) is 3.92. The summed E-state index contributed by atoms with van der Waals surface area (Å²) in [6.07, 6.45) is 0. The molecule has 1 amide bonds. The summed E-state index contributed by atoms with van der Waals surface area (Å²) >= 11 is 12.0. The zero-order valence-corrected chi connectivity index (χ0v) is 16.1. The summed E-state index contributed by atoms with van der Waals surface area (Å²) in [7, 11) is 1.57. The van der Waals surface area contributed by atoms with E-state index >= 15 is 0 Å². The van der Waals surface area contributed by atoms with Gasteiger partial charge in [0.2, 0.25) is 0 Å². The van der Waals surface area contributed by atoms with Gasteiger partial charge in [0, 0.05) is 16.1 Å². The average Bonchev–Trinajstić information content (AvgIpc) is 2.69. The van der Waals surface area contributed by atoms with Crippen molar-refractivity contribution >= 4 is 34.8 Å². The number of benzene rings is 3. The van der Waals surface area contributed by atoms with E-state index in [1.165, 1.54) is 0 Å². The molecule has 0 spiro atoms. The lowest BCUT2D eigenvalue weighted by Gasteiger charge is -2.13. The molecule has 0 saturated carbocycles. The molecule has 0 atom stereocenters. The number of ether oxygens (including phenoxy) is 2. The molecule has 0 bridgehead atoms. The zero-order valence-electron chi connectivity index (χ0n) is 14.5. The second-order valence-electron chi connectivity index (χ2n) is 5.70. The van der Waals surface area contributed by atoms with Crippen LogP contribution in [0.2, 0.25) is 10.0 Å². The second-order valence-corrected chi connectivity index (χ2v) is 6.55. The van der Waals surface area contributed by atoms with Crippen LogP contribution in [0, 0.1) is 0 Å². The number of hydrogen-bond donors (Lipinski definition) is 1. The molecule has 27 heavy (non-hydrogen) atoms. The van der Waals surface area contributed by atoms with E-state index in [0.29, 0.717) is 32.8 Å². The first-order chi connectivity index (χ1) is 13.1. The normalized spacial score (nSPS) is 10.3. The molecule has 0 aliphatic carbocycles. The topological polar surface area (TPSA) is 47.6 Å². The van der Waals surface area contributed by atoms with Crippen LogP contribution in [0.15, 0.2) is 66.7 Å². The van der Waals surface area contributed by atoms with E-state index in [1.54, 1.807) is 73.8 Å². The minimum absolute atomic E-state index is 0.248. The molecule has 0 aliphatic heterocycles. The van der Waals surface area contributed by atoms with Gasteiger partial charge < -0.3 is 14.8 Å². The van der Waals surface area contributed by atoms with Gasteiger partial charge in [-0.2, -0.15) is 0 Å². The third-order valence-electron chi connectivity index (χ3n) is 3.87. The van der Waals surface area contributed by atoms with Crippen LogP contribution in [-0.2, 0) is 6.61 Å². The van der Waals surface area contributed by atoms with Crippen LogP contribution in [0.4, 0.5) is 5.69 Å². The summed E-state index contributed by atoms with van der Waals surface area (Å²) in [5.41, 5.74) is 1.78. The maximum Gasteiger partial charge on any atom is 0.255 e. The first kappa shape index (κ1) is 19.1. The van der Waals surface area contributed by atoms with Crippen LogP contribution >= 0.6 is 23.2 Å². The molecule has 0 radical (unpaired) electrons. The molecule has 0 aromatic heterocycles. The number of halogens is 2. The molecule has 0 aliphatic rings. The summed E-state index contributed by atoms with van der Waals surface area (Å²) in [6, 6.07) is 19.3. The van der Waals surface area contributed by atoms with Gasteiger partial charge in [-0.3, -0.25) is 4.79 Å². The molecule has 3 aromatic carbocycles. The van der Waals surface area contributed by atoms with Crippen molar-refractivity contribution in [2.45, 2.75) is 6.61 Å². The first-order valence-electron chi connectivity index (χ1n) is 8.18. The number of rotatable bonds is 6. The smallest absolute Gasteiger partial charge is 0.255 e. The molecular weight excluding hydrogens is 385 g/mol. The fourth-order valence-electron chi connectivity index (χ4n) is 2.48. The van der Waals surface area contributed by atoms with E-state index in [0.717, 1.165) is 5.56 Å². The van der Waals surface area contributed by atoms with Crippen LogP contribution in [-0.4, -0.2) is 13.0 Å². The summed E-state index contributed by atoms with van der Waals surface area (Å²) < 4.78 is 11.1. The minimum atomic E-state index is -0.265. The molecule has 0 saturated heterocycles. The Labute approximate surface area is 167 Å². The van der Waals surface area contributed by atoms with Gasteiger partial charge in [-0.1, -0.05) is 35.3 Å². The minimum Gasteiger partial charge on any atom is -0.496 e. The molecule has 138 valence electrons. The predicted molar refractivity (Wildman–Crippen MR) is 108 cm³/mol. The zero-order chi connectivity index (χ0) is 19.2. The fraction of sp³-hybridized carbons (Fsp3) is 0.0952. The van der Waals surface area contributed by atoms with Crippen LogP contribution < -0.4 is 14.8 Å². The number of hydrogen-bond acceptors (Lipinski definition) is 3. The highest BCUT2D eigenvalue weighted by molar-refractivity contribution is 6.33. The number of carbonyl (C=O) groups excluding carboxylic acids is 1. The molecule has 3 aromatic rings. The number of nitrogens with one attached hydrogen (secondary N) is 1. The molecule has 0 fully saturated rings. The van der Waals surface area contributed by atoms with E-state index < -0.39 is 0 Å². The van der Waals surface area contributed by atoms with Gasteiger partial charge in [0.1, 0.15) is 18.1 Å². The number of methoxy groups -OCH3 is 1. The van der Waals surface area contributed by atoms with Crippen molar-refractivity contribution in [3.63, 3.8) is 0 Å². The Hall–Kier alpha value is -2.69. The number of carbonyl (C=O) groups is 1. The third kappa shape index (κ3) is 4.94. The van der Waals surface area contributed by atoms with Gasteiger partial charge in [-0.25, -0.2) is 0 Å². The van der Waals surface area contributed by atoms with Crippen LogP contribution in [0.25, 0.3) is 0 Å². The SMILES string of the molecule is COc1ccc(C(=O)Nc2ccccc2Cl)cc1COc1ccc(Cl)cc1. The van der Waals surface area contributed by atoms with Crippen molar-refractivity contribution < 1.29 is 14.3 Å². The highest BCUT2D eigenvalue weighted by atomic mass is 35.5. The summed E-state index contributed by atoms with van der Waals surface area (Å²) in [4.78, 5) is 12.6. The van der Waals surface area contributed by atoms with Crippen molar-refractivity contribution in [1.29, 1.82) is 0 Å². The predicted octanol–water partition coefficient (Wildman–Crippen LogP) is 5.83. The first-order valence-corrected chi connectivity index (χ1v) is 8.93. The summed E-state index contributed by atoms with van der Waals surface area (Å²) in [6.45, 7) is 0.248. The van der Waals surface area contributed by atoms with Crippen LogP contribution in [0.3, 0.4) is 0 Å². The largest absolute Gasteiger partial charge is 0.496 e. The molecular formula is C21H17Cl2NO3. The Kier molecular flexibility index (Phi) is 6.22. The number of amides is 1. The standard InChI is InChI=1S/C21H17Cl2NO3/c1-26-20-11-6-14(21(25)24-19-5-3-2-4-18(19)23)12-15(20)13-27-17-9-7-16(22)8-10-17/h2-12H,13H2,1H3,(H,24,25). The fourth-order valence-corrected chi connectivity index (χ4v) is 2.79. The lowest BCUT2D eigenvalue weighted by Crippen LogP contribution is -2.13. The summed E-state index contributed by atoms with van der Waals surface area (Å²) in [5.74, 6) is 1.05. The number of anilines is 1. The van der Waals surface area contributed by atoms with Gasteiger partial charge >= 0.3 is 0 Å². The maximum atomic E-state index is 12.6. The van der Waals surface area contributed by atoms with E-state index in [2.05, 4.69) is 5.32 Å².